The van der Waals surface area contributed by atoms with Crippen LogP contribution in [0.25, 0.3) is 0 Å². The summed E-state index contributed by atoms with van der Waals surface area (Å²) in [5.41, 5.74) is 7.23. The fourth-order valence-electron chi connectivity index (χ4n) is 1.47. The third kappa shape index (κ3) is 4.72. The molecule has 1 amide bonds. The Bertz CT molecular complexity index is 412. The average molecular weight is 316 g/mol. The first-order valence-corrected chi connectivity index (χ1v) is 6.52. The minimum absolute atomic E-state index is 0.196. The Hall–Kier alpha value is -0.980. The molecule has 1 heterocycles. The fraction of sp³-hybridized carbons (Fsp3) is 0.500. The van der Waals surface area contributed by atoms with Crippen molar-refractivity contribution in [1.29, 1.82) is 0 Å². The molecule has 0 saturated carbocycles. The van der Waals surface area contributed by atoms with Crippen molar-refractivity contribution < 1.29 is 9.53 Å². The van der Waals surface area contributed by atoms with Gasteiger partial charge >= 0.3 is 0 Å². The molecule has 1 aromatic rings. The van der Waals surface area contributed by atoms with Gasteiger partial charge in [0.2, 0.25) is 5.91 Å². The highest BCUT2D eigenvalue weighted by molar-refractivity contribution is 9.10. The molecule has 0 fully saturated rings. The van der Waals surface area contributed by atoms with Crippen LogP contribution in [0.5, 0.6) is 0 Å². The minimum Gasteiger partial charge on any atom is -0.385 e. The van der Waals surface area contributed by atoms with Crippen molar-refractivity contribution in [2.45, 2.75) is 25.8 Å². The number of hydrogen-bond donors (Lipinski definition) is 2. The number of carbonyl (C=O) groups excluding carboxylic acids is 1. The van der Waals surface area contributed by atoms with Crippen molar-refractivity contribution in [3.05, 3.63) is 22.4 Å². The van der Waals surface area contributed by atoms with Gasteiger partial charge in [0, 0.05) is 13.7 Å². The number of amides is 1. The Balaban J connectivity index is 2.53. The van der Waals surface area contributed by atoms with Crippen LogP contribution in [0.1, 0.15) is 18.5 Å². The number of halogens is 1. The van der Waals surface area contributed by atoms with Crippen molar-refractivity contribution in [3.63, 3.8) is 0 Å². The Morgan fingerprint density at radius 1 is 1.61 bits per heavy atom. The molecule has 3 N–H and O–H groups in total. The molecule has 0 radical (unpaired) electrons. The first-order valence-electron chi connectivity index (χ1n) is 5.73. The summed E-state index contributed by atoms with van der Waals surface area (Å²) in [4.78, 5) is 16.0. The lowest BCUT2D eigenvalue weighted by molar-refractivity contribution is -0.117. The predicted molar refractivity (Wildman–Crippen MR) is 74.4 cm³/mol. The lowest BCUT2D eigenvalue weighted by atomic mass is 10.1. The SMILES string of the molecule is COCCCC(N)C(=O)Nc1ccc(Br)nc1C. The van der Waals surface area contributed by atoms with Crippen LogP contribution in [0.4, 0.5) is 5.69 Å². The molecule has 1 aromatic heterocycles. The lowest BCUT2D eigenvalue weighted by Gasteiger charge is -2.13. The number of ether oxygens (including phenoxy) is 1. The first kappa shape index (κ1) is 15.1. The maximum absolute atomic E-state index is 11.8. The lowest BCUT2D eigenvalue weighted by Crippen LogP contribution is -2.36. The summed E-state index contributed by atoms with van der Waals surface area (Å²) in [6.07, 6.45) is 1.37. The summed E-state index contributed by atoms with van der Waals surface area (Å²) >= 11 is 3.27. The second-order valence-electron chi connectivity index (χ2n) is 4.00. The van der Waals surface area contributed by atoms with Gasteiger partial charge in [0.1, 0.15) is 4.60 Å². The highest BCUT2D eigenvalue weighted by Gasteiger charge is 2.14. The van der Waals surface area contributed by atoms with E-state index in [9.17, 15) is 4.79 Å². The van der Waals surface area contributed by atoms with E-state index in [1.165, 1.54) is 0 Å². The zero-order valence-corrected chi connectivity index (χ0v) is 12.2. The second kappa shape index (κ2) is 7.45. The summed E-state index contributed by atoms with van der Waals surface area (Å²) in [7, 11) is 1.63. The molecule has 18 heavy (non-hydrogen) atoms. The quantitative estimate of drug-likeness (QED) is 0.620. The largest absolute Gasteiger partial charge is 0.385 e. The van der Waals surface area contributed by atoms with Crippen LogP contribution < -0.4 is 11.1 Å². The number of anilines is 1. The van der Waals surface area contributed by atoms with E-state index in [0.29, 0.717) is 18.7 Å². The van der Waals surface area contributed by atoms with Gasteiger partial charge in [0.05, 0.1) is 17.4 Å². The molecule has 5 nitrogen and oxygen atoms in total. The van der Waals surface area contributed by atoms with E-state index in [1.807, 2.05) is 6.92 Å². The standard InChI is InChI=1S/C12H18BrN3O2/c1-8-10(5-6-11(13)15-8)16-12(17)9(14)4-3-7-18-2/h5-6,9H,3-4,7,14H2,1-2H3,(H,16,17). The number of nitrogens with zero attached hydrogens (tertiary/aromatic N) is 1. The van der Waals surface area contributed by atoms with Crippen LogP contribution in [-0.2, 0) is 9.53 Å². The normalized spacial score (nSPS) is 12.2. The molecule has 100 valence electrons. The van der Waals surface area contributed by atoms with E-state index in [4.69, 9.17) is 10.5 Å². The highest BCUT2D eigenvalue weighted by atomic mass is 79.9. The Morgan fingerprint density at radius 2 is 2.33 bits per heavy atom. The van der Waals surface area contributed by atoms with Crippen LogP contribution >= 0.6 is 15.9 Å². The van der Waals surface area contributed by atoms with Gasteiger partial charge in [-0.2, -0.15) is 0 Å². The van der Waals surface area contributed by atoms with Gasteiger partial charge in [-0.05, 0) is 47.8 Å². The summed E-state index contributed by atoms with van der Waals surface area (Å²) in [6, 6.07) is 3.05. The van der Waals surface area contributed by atoms with Gasteiger partial charge in [0.15, 0.2) is 0 Å². The van der Waals surface area contributed by atoms with Crippen LogP contribution in [0.15, 0.2) is 16.7 Å². The van der Waals surface area contributed by atoms with Crippen LogP contribution in [0, 0.1) is 6.92 Å². The van der Waals surface area contributed by atoms with Crippen LogP contribution in [0.3, 0.4) is 0 Å². The number of aromatic nitrogens is 1. The van der Waals surface area contributed by atoms with Crippen molar-refractivity contribution in [2.24, 2.45) is 5.73 Å². The van der Waals surface area contributed by atoms with Gasteiger partial charge in [-0.15, -0.1) is 0 Å². The predicted octanol–water partition coefficient (Wildman–Crippen LogP) is 1.84. The molecule has 0 aliphatic carbocycles. The molecule has 1 atom stereocenters. The smallest absolute Gasteiger partial charge is 0.241 e. The first-order chi connectivity index (χ1) is 8.54. The van der Waals surface area contributed by atoms with E-state index < -0.39 is 6.04 Å². The zero-order valence-electron chi connectivity index (χ0n) is 10.6. The average Bonchev–Trinajstić information content (AvgIpc) is 2.32. The van der Waals surface area contributed by atoms with Gasteiger partial charge in [-0.1, -0.05) is 0 Å². The van der Waals surface area contributed by atoms with Crippen LogP contribution in [-0.4, -0.2) is 30.6 Å². The van der Waals surface area contributed by atoms with Crippen molar-refractivity contribution in [2.75, 3.05) is 19.0 Å². The third-order valence-electron chi connectivity index (χ3n) is 2.51. The number of aryl methyl sites for hydroxylation is 1. The zero-order chi connectivity index (χ0) is 13.5. The topological polar surface area (TPSA) is 77.2 Å². The molecule has 0 aliphatic rings. The van der Waals surface area contributed by atoms with Crippen LogP contribution in [0.2, 0.25) is 0 Å². The van der Waals surface area contributed by atoms with Gasteiger partial charge in [0.25, 0.3) is 0 Å². The van der Waals surface area contributed by atoms with E-state index >= 15 is 0 Å². The van der Waals surface area contributed by atoms with Gasteiger partial charge < -0.3 is 15.8 Å². The maximum Gasteiger partial charge on any atom is 0.241 e. The molecule has 0 aliphatic heterocycles. The number of nitrogens with two attached hydrogens (primary N) is 1. The Labute approximate surface area is 115 Å². The Kier molecular flexibility index (Phi) is 6.24. The molecule has 1 unspecified atom stereocenters. The molecule has 6 heteroatoms. The molecular weight excluding hydrogens is 298 g/mol. The van der Waals surface area contributed by atoms with E-state index in [1.54, 1.807) is 19.2 Å². The fourth-order valence-corrected chi connectivity index (χ4v) is 1.86. The number of nitrogens with one attached hydrogen (secondary N) is 1. The molecule has 0 spiro atoms. The minimum atomic E-state index is -0.525. The Morgan fingerprint density at radius 3 is 2.94 bits per heavy atom. The highest BCUT2D eigenvalue weighted by Crippen LogP contribution is 2.16. The monoisotopic (exact) mass is 315 g/mol. The second-order valence-corrected chi connectivity index (χ2v) is 4.81. The van der Waals surface area contributed by atoms with Crippen molar-refractivity contribution >= 4 is 27.5 Å². The summed E-state index contributed by atoms with van der Waals surface area (Å²) in [5.74, 6) is -0.196. The number of pyridine rings is 1. The molecular formula is C12H18BrN3O2. The van der Waals surface area contributed by atoms with E-state index in [2.05, 4.69) is 26.2 Å². The van der Waals surface area contributed by atoms with E-state index in [0.717, 1.165) is 16.7 Å². The van der Waals surface area contributed by atoms with E-state index in [-0.39, 0.29) is 5.91 Å². The summed E-state index contributed by atoms with van der Waals surface area (Å²) in [5, 5.41) is 2.78. The van der Waals surface area contributed by atoms with Gasteiger partial charge in [-0.3, -0.25) is 4.79 Å². The molecule has 0 bridgehead atoms. The van der Waals surface area contributed by atoms with Crippen molar-refractivity contribution in [3.8, 4) is 0 Å². The summed E-state index contributed by atoms with van der Waals surface area (Å²) in [6.45, 7) is 2.44. The van der Waals surface area contributed by atoms with Gasteiger partial charge in [-0.25, -0.2) is 4.98 Å². The number of methoxy groups -OCH3 is 1. The molecule has 0 saturated heterocycles. The summed E-state index contributed by atoms with van der Waals surface area (Å²) < 4.78 is 5.66. The number of carbonyl (C=O) groups is 1. The molecule has 1 rings (SSSR count). The van der Waals surface area contributed by atoms with Crippen molar-refractivity contribution in [1.82, 2.24) is 4.98 Å². The maximum atomic E-state index is 11.8. The number of rotatable bonds is 6. The third-order valence-corrected chi connectivity index (χ3v) is 2.95. The molecule has 0 aromatic carbocycles. The number of hydrogen-bond acceptors (Lipinski definition) is 4.